The third-order valence-corrected chi connectivity index (χ3v) is 3.24. The van der Waals surface area contributed by atoms with Crippen LogP contribution >= 0.6 is 27.5 Å². The molecule has 112 valence electrons. The Morgan fingerprint density at radius 3 is 2.95 bits per heavy atom. The lowest BCUT2D eigenvalue weighted by Crippen LogP contribution is -2.38. The standard InChI is InChI=1S/C14H14BrClN2O3/c1-3-5-8-18(17-13(16)14(20)21-4-2)11-9-10(15)6-7-12(11)19/h1,6-7,9,11H,4-5,8H2,2H3. The van der Waals surface area contributed by atoms with E-state index in [1.807, 2.05) is 0 Å². The van der Waals surface area contributed by atoms with Crippen molar-refractivity contribution < 1.29 is 14.3 Å². The van der Waals surface area contributed by atoms with E-state index in [0.717, 1.165) is 4.48 Å². The molecule has 0 aromatic carbocycles. The quantitative estimate of drug-likeness (QED) is 0.310. The Morgan fingerprint density at radius 2 is 2.33 bits per heavy atom. The van der Waals surface area contributed by atoms with Crippen molar-refractivity contribution in [2.45, 2.75) is 19.4 Å². The number of rotatable bonds is 6. The summed E-state index contributed by atoms with van der Waals surface area (Å²) in [5.74, 6) is 1.54. The molecule has 0 radical (unpaired) electrons. The molecule has 0 saturated carbocycles. The molecule has 0 N–H and O–H groups in total. The van der Waals surface area contributed by atoms with Gasteiger partial charge in [-0.15, -0.1) is 12.3 Å². The predicted molar refractivity (Wildman–Crippen MR) is 85.0 cm³/mol. The number of hydrazone groups is 1. The van der Waals surface area contributed by atoms with Gasteiger partial charge in [-0.2, -0.15) is 5.10 Å². The monoisotopic (exact) mass is 372 g/mol. The number of carbonyl (C=O) groups is 2. The second-order valence-electron chi connectivity index (χ2n) is 3.96. The molecule has 1 aliphatic rings. The molecule has 1 atom stereocenters. The van der Waals surface area contributed by atoms with Gasteiger partial charge in [-0.1, -0.05) is 27.5 Å². The number of ketones is 1. The largest absolute Gasteiger partial charge is 0.461 e. The molecule has 0 spiro atoms. The van der Waals surface area contributed by atoms with Gasteiger partial charge >= 0.3 is 5.97 Å². The fourth-order valence-electron chi connectivity index (χ4n) is 1.56. The van der Waals surface area contributed by atoms with Crippen molar-refractivity contribution in [3.63, 3.8) is 0 Å². The Labute approximate surface area is 136 Å². The van der Waals surface area contributed by atoms with Crippen molar-refractivity contribution >= 4 is 44.5 Å². The maximum atomic E-state index is 11.9. The lowest BCUT2D eigenvalue weighted by atomic mass is 10.1. The maximum absolute atomic E-state index is 11.9. The molecule has 5 nitrogen and oxygen atoms in total. The van der Waals surface area contributed by atoms with Crippen LogP contribution in [0.1, 0.15) is 13.3 Å². The summed E-state index contributed by atoms with van der Waals surface area (Å²) in [6.07, 6.45) is 10.3. The van der Waals surface area contributed by atoms with Crippen LogP contribution in [-0.4, -0.2) is 41.1 Å². The highest BCUT2D eigenvalue weighted by atomic mass is 79.9. The number of ether oxygens (including phenoxy) is 1. The molecule has 0 aliphatic heterocycles. The summed E-state index contributed by atoms with van der Waals surface area (Å²) in [7, 11) is 0. The van der Waals surface area contributed by atoms with Crippen LogP contribution in [0, 0.1) is 12.3 Å². The zero-order chi connectivity index (χ0) is 15.8. The highest BCUT2D eigenvalue weighted by molar-refractivity contribution is 9.11. The van der Waals surface area contributed by atoms with E-state index in [2.05, 4.69) is 27.0 Å². The highest BCUT2D eigenvalue weighted by Crippen LogP contribution is 2.19. The third-order valence-electron chi connectivity index (χ3n) is 2.48. The number of terminal acetylenes is 1. The predicted octanol–water partition coefficient (Wildman–Crippen LogP) is 2.21. The van der Waals surface area contributed by atoms with E-state index in [1.165, 1.54) is 11.1 Å². The summed E-state index contributed by atoms with van der Waals surface area (Å²) in [5.41, 5.74) is 0. The van der Waals surface area contributed by atoms with Gasteiger partial charge in [0.05, 0.1) is 6.61 Å². The second kappa shape index (κ2) is 8.65. The normalized spacial score (nSPS) is 18.0. The summed E-state index contributed by atoms with van der Waals surface area (Å²) in [6, 6.07) is -0.666. The minimum atomic E-state index is -0.744. The van der Waals surface area contributed by atoms with Crippen molar-refractivity contribution in [1.82, 2.24) is 5.01 Å². The number of esters is 1. The molecular weight excluding hydrogens is 360 g/mol. The average molecular weight is 374 g/mol. The number of allylic oxidation sites excluding steroid dienone is 2. The molecule has 21 heavy (non-hydrogen) atoms. The van der Waals surface area contributed by atoms with Crippen molar-refractivity contribution in [3.05, 3.63) is 22.7 Å². The van der Waals surface area contributed by atoms with Crippen LogP contribution in [0.15, 0.2) is 27.8 Å². The number of nitrogens with zero attached hydrogens (tertiary/aromatic N) is 2. The number of hydrogen-bond donors (Lipinski definition) is 0. The fraction of sp³-hybridized carbons (Fsp3) is 0.357. The van der Waals surface area contributed by atoms with E-state index in [4.69, 9.17) is 22.8 Å². The Morgan fingerprint density at radius 1 is 1.62 bits per heavy atom. The van der Waals surface area contributed by atoms with E-state index < -0.39 is 12.0 Å². The van der Waals surface area contributed by atoms with Crippen LogP contribution in [-0.2, 0) is 14.3 Å². The Hall–Kier alpha value is -1.58. The van der Waals surface area contributed by atoms with Crippen molar-refractivity contribution in [2.24, 2.45) is 5.10 Å². The fourth-order valence-corrected chi connectivity index (χ4v) is 2.09. The number of halogens is 2. The van der Waals surface area contributed by atoms with Crippen LogP contribution < -0.4 is 0 Å². The topological polar surface area (TPSA) is 59.0 Å². The second-order valence-corrected chi connectivity index (χ2v) is 5.23. The van der Waals surface area contributed by atoms with E-state index in [1.54, 1.807) is 19.1 Å². The first-order valence-electron chi connectivity index (χ1n) is 6.20. The first kappa shape index (κ1) is 17.5. The molecule has 0 amide bonds. The smallest absolute Gasteiger partial charge is 0.370 e. The molecule has 0 bridgehead atoms. The molecule has 1 unspecified atom stereocenters. The van der Waals surface area contributed by atoms with Crippen LogP contribution in [0.5, 0.6) is 0 Å². The first-order chi connectivity index (χ1) is 9.99. The first-order valence-corrected chi connectivity index (χ1v) is 7.37. The van der Waals surface area contributed by atoms with E-state index >= 15 is 0 Å². The van der Waals surface area contributed by atoms with Gasteiger partial charge in [0, 0.05) is 17.4 Å². The molecule has 0 aromatic rings. The van der Waals surface area contributed by atoms with Crippen LogP contribution in [0.25, 0.3) is 0 Å². The average Bonchev–Trinajstić information content (AvgIpc) is 2.46. The van der Waals surface area contributed by atoms with Gasteiger partial charge in [0.25, 0.3) is 0 Å². The zero-order valence-electron chi connectivity index (χ0n) is 11.4. The lowest BCUT2D eigenvalue weighted by Gasteiger charge is -2.26. The number of hydrogen-bond acceptors (Lipinski definition) is 5. The lowest BCUT2D eigenvalue weighted by molar-refractivity contribution is -0.135. The van der Waals surface area contributed by atoms with Gasteiger partial charge < -0.3 is 4.74 Å². The van der Waals surface area contributed by atoms with E-state index in [0.29, 0.717) is 6.42 Å². The van der Waals surface area contributed by atoms with Gasteiger partial charge in [-0.05, 0) is 25.2 Å². The summed E-state index contributed by atoms with van der Waals surface area (Å²) in [5, 5.41) is 5.00. The van der Waals surface area contributed by atoms with Crippen LogP contribution in [0.4, 0.5) is 0 Å². The Balaban J connectivity index is 2.98. The molecule has 0 heterocycles. The van der Waals surface area contributed by atoms with Gasteiger partial charge in [0.2, 0.25) is 5.17 Å². The summed E-state index contributed by atoms with van der Waals surface area (Å²) >= 11 is 9.10. The minimum Gasteiger partial charge on any atom is -0.461 e. The third kappa shape index (κ3) is 5.37. The maximum Gasteiger partial charge on any atom is 0.370 e. The van der Waals surface area contributed by atoms with E-state index in [9.17, 15) is 9.59 Å². The van der Waals surface area contributed by atoms with Gasteiger partial charge in [0.1, 0.15) is 6.04 Å². The molecule has 1 aliphatic carbocycles. The van der Waals surface area contributed by atoms with Gasteiger partial charge in [0.15, 0.2) is 5.78 Å². The summed E-state index contributed by atoms with van der Waals surface area (Å²) in [6.45, 7) is 2.13. The van der Waals surface area contributed by atoms with Crippen molar-refractivity contribution in [2.75, 3.05) is 13.2 Å². The Bertz CT molecular complexity index is 549. The molecule has 1 rings (SSSR count). The van der Waals surface area contributed by atoms with Crippen LogP contribution in [0.2, 0.25) is 0 Å². The zero-order valence-corrected chi connectivity index (χ0v) is 13.7. The summed E-state index contributed by atoms with van der Waals surface area (Å²) in [4.78, 5) is 23.5. The SMILES string of the molecule is C#CCCN(N=C(Cl)C(=O)OCC)C1C=C(Br)C=CC1=O. The molecule has 7 heteroatoms. The Kier molecular flexibility index (Phi) is 7.20. The minimum absolute atomic E-state index is 0.174. The molecule has 0 aromatic heterocycles. The van der Waals surface area contributed by atoms with Crippen LogP contribution in [0.3, 0.4) is 0 Å². The van der Waals surface area contributed by atoms with Gasteiger partial charge in [-0.25, -0.2) is 4.79 Å². The molecule has 0 fully saturated rings. The molecule has 0 saturated heterocycles. The summed E-state index contributed by atoms with van der Waals surface area (Å²) < 4.78 is 5.49. The highest BCUT2D eigenvalue weighted by Gasteiger charge is 2.25. The molecular formula is C14H14BrClN2O3. The van der Waals surface area contributed by atoms with Gasteiger partial charge in [-0.3, -0.25) is 9.80 Å². The van der Waals surface area contributed by atoms with Crippen molar-refractivity contribution in [3.8, 4) is 12.3 Å². The van der Waals surface area contributed by atoms with E-state index in [-0.39, 0.29) is 24.1 Å². The van der Waals surface area contributed by atoms with Crippen molar-refractivity contribution in [1.29, 1.82) is 0 Å². The number of carbonyl (C=O) groups excluding carboxylic acids is 2.